The summed E-state index contributed by atoms with van der Waals surface area (Å²) >= 11 is 0. The van der Waals surface area contributed by atoms with E-state index in [2.05, 4.69) is 44.4 Å². The Labute approximate surface area is 156 Å². The van der Waals surface area contributed by atoms with Gasteiger partial charge in [0.2, 0.25) is 11.7 Å². The van der Waals surface area contributed by atoms with Crippen molar-refractivity contribution in [1.82, 2.24) is 33.9 Å². The summed E-state index contributed by atoms with van der Waals surface area (Å²) in [5.74, 6) is 2.06. The number of rotatable bonds is 5. The zero-order valence-corrected chi connectivity index (χ0v) is 15.4. The lowest BCUT2D eigenvalue weighted by Gasteiger charge is -2.39. The third kappa shape index (κ3) is 2.91. The maximum Gasteiger partial charge on any atom is 0.241 e. The molecule has 1 saturated carbocycles. The Kier molecular flexibility index (Phi) is 3.78. The second-order valence-electron chi connectivity index (χ2n) is 7.45. The molecule has 0 atom stereocenters. The molecule has 1 aliphatic rings. The van der Waals surface area contributed by atoms with Crippen molar-refractivity contribution in [2.24, 2.45) is 5.92 Å². The molecular weight excluding hydrogens is 340 g/mol. The lowest BCUT2D eigenvalue weighted by molar-refractivity contribution is 0.131. The predicted octanol–water partition coefficient (Wildman–Crippen LogP) is 2.19. The monoisotopic (exact) mass is 362 g/mol. The van der Waals surface area contributed by atoms with Gasteiger partial charge in [0.15, 0.2) is 0 Å². The summed E-state index contributed by atoms with van der Waals surface area (Å²) in [5, 5.41) is 7.98. The highest BCUT2D eigenvalue weighted by Gasteiger charge is 2.30. The van der Waals surface area contributed by atoms with Crippen molar-refractivity contribution in [3.8, 4) is 11.1 Å². The van der Waals surface area contributed by atoms with Crippen LogP contribution in [0.15, 0.2) is 43.2 Å². The highest BCUT2D eigenvalue weighted by molar-refractivity contribution is 5.79. The first-order chi connectivity index (χ1) is 13.2. The van der Waals surface area contributed by atoms with Gasteiger partial charge < -0.3 is 10.2 Å². The number of hydrogen-bond acceptors (Lipinski definition) is 6. The Morgan fingerprint density at radius 2 is 2.04 bits per heavy atom. The summed E-state index contributed by atoms with van der Waals surface area (Å²) in [4.78, 5) is 15.4. The summed E-state index contributed by atoms with van der Waals surface area (Å²) in [5.41, 5.74) is 3.02. The van der Waals surface area contributed by atoms with Crippen LogP contribution in [0.25, 0.3) is 22.4 Å². The molecule has 0 aromatic carbocycles. The summed E-state index contributed by atoms with van der Waals surface area (Å²) < 4.78 is 3.78. The van der Waals surface area contributed by atoms with E-state index >= 15 is 0 Å². The van der Waals surface area contributed by atoms with Gasteiger partial charge in [-0.3, -0.25) is 4.40 Å². The van der Waals surface area contributed by atoms with Gasteiger partial charge in [-0.05, 0) is 38.9 Å². The molecule has 0 saturated heterocycles. The maximum absolute atomic E-state index is 4.60. The summed E-state index contributed by atoms with van der Waals surface area (Å²) in [6, 6.07) is 2.76. The summed E-state index contributed by atoms with van der Waals surface area (Å²) in [6.45, 7) is 0.922. The molecule has 0 unspecified atom stereocenters. The van der Waals surface area contributed by atoms with E-state index in [0.717, 1.165) is 23.2 Å². The van der Waals surface area contributed by atoms with Gasteiger partial charge in [-0.25, -0.2) is 19.5 Å². The molecule has 0 aliphatic heterocycles. The standard InChI is InChI=1S/C19H22N8/c1-25(2)15-7-13(8-15)9-21-18-22-11-17-16(3-5-27(17)24-18)14-10-23-19-20-4-6-26(19)12-14/h3-6,10-13,15H,7-9H2,1-2H3,(H,21,24). The van der Waals surface area contributed by atoms with Gasteiger partial charge in [-0.15, -0.1) is 5.10 Å². The molecule has 0 amide bonds. The SMILES string of the molecule is CN(C)C1CC(CNc2ncc3c(-c4cnc5nccn5c4)ccn3n2)C1. The topological polar surface area (TPSA) is 75.6 Å². The Bertz CT molecular complexity index is 1090. The first-order valence-electron chi connectivity index (χ1n) is 9.21. The third-order valence-corrected chi connectivity index (χ3v) is 5.46. The van der Waals surface area contributed by atoms with Gasteiger partial charge in [-0.2, -0.15) is 0 Å². The number of anilines is 1. The number of hydrogen-bond donors (Lipinski definition) is 1. The number of imidazole rings is 1. The minimum atomic E-state index is 0.668. The Morgan fingerprint density at radius 3 is 2.89 bits per heavy atom. The Hall–Kier alpha value is -3.00. The molecule has 4 aromatic heterocycles. The van der Waals surface area contributed by atoms with Crippen LogP contribution in [-0.4, -0.2) is 60.5 Å². The van der Waals surface area contributed by atoms with Crippen LogP contribution in [0.4, 0.5) is 5.95 Å². The van der Waals surface area contributed by atoms with Crippen LogP contribution in [0.1, 0.15) is 12.8 Å². The van der Waals surface area contributed by atoms with Gasteiger partial charge in [0.05, 0.1) is 11.7 Å². The minimum absolute atomic E-state index is 0.668. The van der Waals surface area contributed by atoms with Crippen LogP contribution in [0.3, 0.4) is 0 Å². The van der Waals surface area contributed by atoms with Gasteiger partial charge in [-0.1, -0.05) is 0 Å². The molecule has 138 valence electrons. The highest BCUT2D eigenvalue weighted by atomic mass is 15.3. The lowest BCUT2D eigenvalue weighted by Crippen LogP contribution is -2.42. The van der Waals surface area contributed by atoms with E-state index in [0.29, 0.717) is 23.7 Å². The van der Waals surface area contributed by atoms with Crippen molar-refractivity contribution >= 4 is 17.2 Å². The van der Waals surface area contributed by atoms with Crippen molar-refractivity contribution < 1.29 is 0 Å². The number of fused-ring (bicyclic) bond motifs is 2. The predicted molar refractivity (Wildman–Crippen MR) is 104 cm³/mol. The molecular formula is C19H22N8. The van der Waals surface area contributed by atoms with E-state index in [1.54, 1.807) is 6.20 Å². The smallest absolute Gasteiger partial charge is 0.241 e. The fourth-order valence-electron chi connectivity index (χ4n) is 3.71. The average molecular weight is 362 g/mol. The van der Waals surface area contributed by atoms with E-state index in [-0.39, 0.29) is 0 Å². The lowest BCUT2D eigenvalue weighted by atomic mass is 9.79. The van der Waals surface area contributed by atoms with E-state index < -0.39 is 0 Å². The Balaban J connectivity index is 1.33. The fourth-order valence-corrected chi connectivity index (χ4v) is 3.71. The van der Waals surface area contributed by atoms with Crippen LogP contribution in [0, 0.1) is 5.92 Å². The van der Waals surface area contributed by atoms with Gasteiger partial charge in [0.1, 0.15) is 0 Å². The molecule has 5 rings (SSSR count). The molecule has 0 bridgehead atoms. The molecule has 4 aromatic rings. The van der Waals surface area contributed by atoms with Crippen molar-refractivity contribution in [2.75, 3.05) is 26.0 Å². The summed E-state index contributed by atoms with van der Waals surface area (Å²) in [6.07, 6.45) is 13.8. The third-order valence-electron chi connectivity index (χ3n) is 5.46. The van der Waals surface area contributed by atoms with Crippen LogP contribution in [0.5, 0.6) is 0 Å². The number of aromatic nitrogens is 6. The van der Waals surface area contributed by atoms with Crippen LogP contribution >= 0.6 is 0 Å². The molecule has 1 N–H and O–H groups in total. The van der Waals surface area contributed by atoms with Crippen LogP contribution < -0.4 is 5.32 Å². The first-order valence-corrected chi connectivity index (χ1v) is 9.21. The largest absolute Gasteiger partial charge is 0.353 e. The molecule has 4 heterocycles. The molecule has 1 aliphatic carbocycles. The van der Waals surface area contributed by atoms with E-state index in [9.17, 15) is 0 Å². The van der Waals surface area contributed by atoms with Crippen LogP contribution in [0.2, 0.25) is 0 Å². The normalized spacial score (nSPS) is 19.7. The van der Waals surface area contributed by atoms with Crippen molar-refractivity contribution in [3.05, 3.63) is 43.2 Å². The molecule has 0 spiro atoms. The van der Waals surface area contributed by atoms with E-state index in [1.165, 1.54) is 12.8 Å². The zero-order valence-electron chi connectivity index (χ0n) is 15.4. The van der Waals surface area contributed by atoms with Crippen molar-refractivity contribution in [1.29, 1.82) is 0 Å². The molecule has 0 radical (unpaired) electrons. The molecule has 8 nitrogen and oxygen atoms in total. The molecule has 1 fully saturated rings. The zero-order chi connectivity index (χ0) is 18.4. The highest BCUT2D eigenvalue weighted by Crippen LogP contribution is 2.30. The van der Waals surface area contributed by atoms with Crippen molar-refractivity contribution in [2.45, 2.75) is 18.9 Å². The first kappa shape index (κ1) is 16.2. The van der Waals surface area contributed by atoms with Crippen molar-refractivity contribution in [3.63, 3.8) is 0 Å². The van der Waals surface area contributed by atoms with Gasteiger partial charge >= 0.3 is 0 Å². The second-order valence-corrected chi connectivity index (χ2v) is 7.45. The summed E-state index contributed by atoms with van der Waals surface area (Å²) in [7, 11) is 4.30. The quantitative estimate of drug-likeness (QED) is 0.587. The van der Waals surface area contributed by atoms with Gasteiger partial charge in [0, 0.05) is 54.7 Å². The number of nitrogens with zero attached hydrogens (tertiary/aromatic N) is 7. The maximum atomic E-state index is 4.60. The molecule has 8 heteroatoms. The Morgan fingerprint density at radius 1 is 1.15 bits per heavy atom. The second kappa shape index (κ2) is 6.31. The average Bonchev–Trinajstić information content (AvgIpc) is 3.25. The minimum Gasteiger partial charge on any atom is -0.353 e. The fraction of sp³-hybridized carbons (Fsp3) is 0.368. The van der Waals surface area contributed by atoms with E-state index in [4.69, 9.17) is 0 Å². The van der Waals surface area contributed by atoms with Gasteiger partial charge in [0.25, 0.3) is 0 Å². The van der Waals surface area contributed by atoms with E-state index in [1.807, 2.05) is 46.0 Å². The number of nitrogens with one attached hydrogen (secondary N) is 1. The van der Waals surface area contributed by atoms with Crippen LogP contribution in [-0.2, 0) is 0 Å². The molecule has 27 heavy (non-hydrogen) atoms.